The molecule has 8 aromatic carbocycles. The van der Waals surface area contributed by atoms with Gasteiger partial charge in [-0.2, -0.15) is 0 Å². The van der Waals surface area contributed by atoms with Gasteiger partial charge in [-0.05, 0) is 81.2 Å². The molecular formula is C46H29N3S. The Morgan fingerprint density at radius 3 is 2.00 bits per heavy atom. The van der Waals surface area contributed by atoms with Gasteiger partial charge in [0.2, 0.25) is 0 Å². The molecule has 0 saturated heterocycles. The lowest BCUT2D eigenvalue weighted by molar-refractivity contribution is 1.16. The van der Waals surface area contributed by atoms with Crippen molar-refractivity contribution in [3.8, 4) is 33.8 Å². The van der Waals surface area contributed by atoms with E-state index in [0.717, 1.165) is 44.9 Å². The first-order valence-corrected chi connectivity index (χ1v) is 17.6. The molecule has 234 valence electrons. The molecule has 3 nitrogen and oxygen atoms in total. The standard InChI is InChI=1S/C46H29N3S/c1-2-12-34-28-36(26-24-30(34)10-1)49-41-18-7-8-19-43(41)50-44-29-35(25-27-42(44)49)46-47-40-17-6-5-15-39(40)45(48-46)33-22-20-32(21-23-33)38-16-9-13-31-11-3-4-14-37(31)38/h1-29H. The van der Waals surface area contributed by atoms with Crippen LogP contribution in [-0.4, -0.2) is 9.97 Å². The van der Waals surface area contributed by atoms with Crippen molar-refractivity contribution in [2.24, 2.45) is 0 Å². The maximum atomic E-state index is 5.26. The molecule has 0 aliphatic carbocycles. The molecule has 0 amide bonds. The molecule has 0 radical (unpaired) electrons. The van der Waals surface area contributed by atoms with Crippen LogP contribution in [0.15, 0.2) is 186 Å². The molecule has 9 aromatic rings. The summed E-state index contributed by atoms with van der Waals surface area (Å²) in [5, 5.41) is 6.00. The van der Waals surface area contributed by atoms with Crippen molar-refractivity contribution in [2.45, 2.75) is 9.79 Å². The van der Waals surface area contributed by atoms with Crippen LogP contribution >= 0.6 is 11.8 Å². The number of hydrogen-bond donors (Lipinski definition) is 0. The fourth-order valence-electron chi connectivity index (χ4n) is 7.20. The molecule has 0 spiro atoms. The highest BCUT2D eigenvalue weighted by Gasteiger charge is 2.26. The van der Waals surface area contributed by atoms with E-state index in [9.17, 15) is 0 Å². The Hall–Kier alpha value is -6.23. The largest absolute Gasteiger partial charge is 0.308 e. The van der Waals surface area contributed by atoms with Crippen LogP contribution < -0.4 is 4.90 Å². The van der Waals surface area contributed by atoms with Gasteiger partial charge in [0.25, 0.3) is 0 Å². The van der Waals surface area contributed by atoms with E-state index >= 15 is 0 Å². The maximum absolute atomic E-state index is 5.26. The second kappa shape index (κ2) is 11.7. The lowest BCUT2D eigenvalue weighted by atomic mass is 9.96. The van der Waals surface area contributed by atoms with Crippen LogP contribution in [0.25, 0.3) is 66.2 Å². The third-order valence-electron chi connectivity index (χ3n) is 9.64. The molecule has 1 aliphatic heterocycles. The van der Waals surface area contributed by atoms with Crippen LogP contribution in [0.3, 0.4) is 0 Å². The van der Waals surface area contributed by atoms with Gasteiger partial charge < -0.3 is 4.90 Å². The Morgan fingerprint density at radius 1 is 0.420 bits per heavy atom. The highest BCUT2D eigenvalue weighted by atomic mass is 32.2. The molecule has 0 unspecified atom stereocenters. The summed E-state index contributed by atoms with van der Waals surface area (Å²) >= 11 is 1.80. The molecule has 50 heavy (non-hydrogen) atoms. The number of aromatic nitrogens is 2. The zero-order chi connectivity index (χ0) is 33.0. The molecule has 1 aliphatic rings. The molecule has 10 rings (SSSR count). The van der Waals surface area contributed by atoms with Gasteiger partial charge in [0.05, 0.1) is 22.6 Å². The minimum absolute atomic E-state index is 0.719. The van der Waals surface area contributed by atoms with Crippen molar-refractivity contribution in [3.05, 3.63) is 176 Å². The predicted octanol–water partition coefficient (Wildman–Crippen LogP) is 12.9. The van der Waals surface area contributed by atoms with E-state index in [1.54, 1.807) is 11.8 Å². The van der Waals surface area contributed by atoms with Crippen molar-refractivity contribution in [2.75, 3.05) is 4.90 Å². The molecule has 2 heterocycles. The van der Waals surface area contributed by atoms with Crippen LogP contribution in [0.5, 0.6) is 0 Å². The highest BCUT2D eigenvalue weighted by molar-refractivity contribution is 7.99. The minimum Gasteiger partial charge on any atom is -0.308 e. The Morgan fingerprint density at radius 2 is 1.10 bits per heavy atom. The third kappa shape index (κ3) is 4.84. The number of benzene rings is 8. The molecular weight excluding hydrogens is 627 g/mol. The van der Waals surface area contributed by atoms with Crippen LogP contribution in [0, 0.1) is 0 Å². The van der Waals surface area contributed by atoms with Gasteiger partial charge in [-0.1, -0.05) is 139 Å². The maximum Gasteiger partial charge on any atom is 0.160 e. The van der Waals surface area contributed by atoms with Crippen LogP contribution in [0.2, 0.25) is 0 Å². The van der Waals surface area contributed by atoms with Gasteiger partial charge in [0, 0.05) is 32.0 Å². The molecule has 0 N–H and O–H groups in total. The molecule has 1 aromatic heterocycles. The Balaban J connectivity index is 1.07. The van der Waals surface area contributed by atoms with E-state index in [4.69, 9.17) is 9.97 Å². The van der Waals surface area contributed by atoms with Crippen LogP contribution in [0.1, 0.15) is 0 Å². The summed E-state index contributed by atoms with van der Waals surface area (Å²) in [6.45, 7) is 0. The third-order valence-corrected chi connectivity index (χ3v) is 10.8. The average Bonchev–Trinajstić information content (AvgIpc) is 3.19. The van der Waals surface area contributed by atoms with E-state index in [1.165, 1.54) is 48.2 Å². The van der Waals surface area contributed by atoms with E-state index < -0.39 is 0 Å². The Bertz CT molecular complexity index is 2750. The summed E-state index contributed by atoms with van der Waals surface area (Å²) in [5.41, 5.74) is 9.82. The van der Waals surface area contributed by atoms with Gasteiger partial charge >= 0.3 is 0 Å². The van der Waals surface area contributed by atoms with Crippen LogP contribution in [0.4, 0.5) is 17.1 Å². The lowest BCUT2D eigenvalue weighted by Crippen LogP contribution is -2.14. The van der Waals surface area contributed by atoms with Crippen molar-refractivity contribution in [1.29, 1.82) is 0 Å². The fourth-order valence-corrected chi connectivity index (χ4v) is 8.30. The monoisotopic (exact) mass is 655 g/mol. The van der Waals surface area contributed by atoms with Gasteiger partial charge in [0.1, 0.15) is 0 Å². The fraction of sp³-hybridized carbons (Fsp3) is 0. The topological polar surface area (TPSA) is 29.0 Å². The Kier molecular flexibility index (Phi) is 6.74. The van der Waals surface area contributed by atoms with Crippen molar-refractivity contribution in [3.63, 3.8) is 0 Å². The van der Waals surface area contributed by atoms with E-state index in [-0.39, 0.29) is 0 Å². The summed E-state index contributed by atoms with van der Waals surface area (Å²) < 4.78 is 0. The molecule has 0 fully saturated rings. The van der Waals surface area contributed by atoms with Gasteiger partial charge in [-0.15, -0.1) is 0 Å². The molecule has 0 bridgehead atoms. The predicted molar refractivity (Wildman–Crippen MR) is 210 cm³/mol. The first kappa shape index (κ1) is 28.8. The average molecular weight is 656 g/mol. The summed E-state index contributed by atoms with van der Waals surface area (Å²) in [4.78, 5) is 15.1. The lowest BCUT2D eigenvalue weighted by Gasteiger charge is -2.33. The van der Waals surface area contributed by atoms with Crippen molar-refractivity contribution < 1.29 is 0 Å². The zero-order valence-corrected chi connectivity index (χ0v) is 27.8. The zero-order valence-electron chi connectivity index (χ0n) is 27.0. The quantitative estimate of drug-likeness (QED) is 0.189. The Labute approximate surface area is 294 Å². The van der Waals surface area contributed by atoms with Crippen molar-refractivity contribution >= 4 is 61.3 Å². The van der Waals surface area contributed by atoms with Crippen LogP contribution in [-0.2, 0) is 0 Å². The second-order valence-electron chi connectivity index (χ2n) is 12.6. The number of nitrogens with zero attached hydrogens (tertiary/aromatic N) is 3. The summed E-state index contributed by atoms with van der Waals surface area (Å²) in [6.07, 6.45) is 0. The highest BCUT2D eigenvalue weighted by Crippen LogP contribution is 2.52. The number of rotatable bonds is 4. The first-order chi connectivity index (χ1) is 24.8. The second-order valence-corrected chi connectivity index (χ2v) is 13.7. The number of hydrogen-bond acceptors (Lipinski definition) is 4. The number of anilines is 3. The summed E-state index contributed by atoms with van der Waals surface area (Å²) in [6, 6.07) is 62.7. The van der Waals surface area contributed by atoms with Gasteiger partial charge in [0.15, 0.2) is 5.82 Å². The summed E-state index contributed by atoms with van der Waals surface area (Å²) in [5.74, 6) is 0.719. The smallest absolute Gasteiger partial charge is 0.160 e. The molecule has 0 atom stereocenters. The normalized spacial score (nSPS) is 12.3. The summed E-state index contributed by atoms with van der Waals surface area (Å²) in [7, 11) is 0. The van der Waals surface area contributed by atoms with E-state index in [0.29, 0.717) is 0 Å². The minimum atomic E-state index is 0.719. The first-order valence-electron chi connectivity index (χ1n) is 16.8. The van der Waals surface area contributed by atoms with E-state index in [1.807, 2.05) is 6.07 Å². The van der Waals surface area contributed by atoms with Crippen molar-refractivity contribution in [1.82, 2.24) is 9.97 Å². The SMILES string of the molecule is c1ccc2c(c1)Sc1cc(-c3nc(-c4ccc(-c5cccc6ccccc56)cc4)c4ccccc4n3)ccc1N2c1ccc2ccccc2c1. The molecule has 0 saturated carbocycles. The molecule has 4 heteroatoms. The van der Waals surface area contributed by atoms with E-state index in [2.05, 4.69) is 175 Å². The number of fused-ring (bicyclic) bond motifs is 5. The van der Waals surface area contributed by atoms with Gasteiger partial charge in [-0.3, -0.25) is 0 Å². The van der Waals surface area contributed by atoms with Gasteiger partial charge in [-0.25, -0.2) is 9.97 Å². The number of para-hydroxylation sites is 2.